The minimum atomic E-state index is -0.919. The molecule has 3 heterocycles. The number of methoxy groups -OCH3 is 2. The number of anilines is 1. The van der Waals surface area contributed by atoms with Gasteiger partial charge in [0.15, 0.2) is 22.4 Å². The number of rotatable bonds is 6. The van der Waals surface area contributed by atoms with Crippen molar-refractivity contribution in [2.45, 2.75) is 19.9 Å². The molecule has 0 radical (unpaired) electrons. The summed E-state index contributed by atoms with van der Waals surface area (Å²) in [6.07, 6.45) is 0. The topological polar surface area (TPSA) is 89.0 Å². The molecule has 0 bridgehead atoms. The first kappa shape index (κ1) is 21.1. The molecule has 0 saturated heterocycles. The fraction of sp³-hybridized carbons (Fsp3) is 0.227. The smallest absolute Gasteiger partial charge is 0.296 e. The van der Waals surface area contributed by atoms with Crippen LogP contribution in [0.4, 0.5) is 5.13 Å². The van der Waals surface area contributed by atoms with Gasteiger partial charge in [0.25, 0.3) is 5.91 Å². The number of ether oxygens (including phenoxy) is 2. The Morgan fingerprint density at radius 1 is 1.16 bits per heavy atom. The van der Waals surface area contributed by atoms with Gasteiger partial charge in [-0.05, 0) is 31.4 Å². The molecule has 0 spiro atoms. The van der Waals surface area contributed by atoms with E-state index in [1.807, 2.05) is 13.8 Å². The lowest BCUT2D eigenvalue weighted by Crippen LogP contribution is -2.31. The lowest BCUT2D eigenvalue weighted by atomic mass is 9.94. The normalized spacial score (nSPS) is 16.2. The molecule has 160 valence electrons. The van der Waals surface area contributed by atoms with E-state index < -0.39 is 23.5 Å². The molecule has 1 amide bonds. The van der Waals surface area contributed by atoms with Gasteiger partial charge in [0.05, 0.1) is 30.4 Å². The molecule has 0 aliphatic carbocycles. The number of hydrogen-bond donors (Lipinski definition) is 1. The summed E-state index contributed by atoms with van der Waals surface area (Å²) in [5.74, 6) is -0.845. The van der Waals surface area contributed by atoms with Crippen LogP contribution in [0.15, 0.2) is 47.0 Å². The Morgan fingerprint density at radius 3 is 2.52 bits per heavy atom. The Kier molecular flexibility index (Phi) is 5.55. The van der Waals surface area contributed by atoms with Crippen LogP contribution >= 0.6 is 22.7 Å². The average molecular weight is 457 g/mol. The second kappa shape index (κ2) is 8.16. The number of thiazole rings is 1. The third kappa shape index (κ3) is 3.39. The van der Waals surface area contributed by atoms with E-state index in [1.165, 1.54) is 41.8 Å². The van der Waals surface area contributed by atoms with Crippen LogP contribution in [0.3, 0.4) is 0 Å². The zero-order valence-corrected chi connectivity index (χ0v) is 19.0. The van der Waals surface area contributed by atoms with Gasteiger partial charge < -0.3 is 14.6 Å². The van der Waals surface area contributed by atoms with E-state index in [0.29, 0.717) is 27.1 Å². The van der Waals surface area contributed by atoms with Crippen LogP contribution in [-0.4, -0.2) is 36.0 Å². The van der Waals surface area contributed by atoms with E-state index in [4.69, 9.17) is 9.47 Å². The lowest BCUT2D eigenvalue weighted by molar-refractivity contribution is -0.117. The van der Waals surface area contributed by atoms with E-state index in [1.54, 1.807) is 35.7 Å². The molecular weight excluding hydrogens is 436 g/mol. The molecule has 1 aliphatic heterocycles. The van der Waals surface area contributed by atoms with Gasteiger partial charge in [-0.1, -0.05) is 18.2 Å². The van der Waals surface area contributed by atoms with Crippen molar-refractivity contribution < 1.29 is 24.2 Å². The summed E-state index contributed by atoms with van der Waals surface area (Å²) < 4.78 is 11.0. The number of aliphatic hydroxyl groups is 1. The number of Topliss-reactive ketones (excluding diaryl/α,β-unsaturated/α-hetero) is 1. The number of aromatic nitrogens is 1. The number of benzene rings is 1. The Bertz CT molecular complexity index is 1180. The second-order valence-electron chi connectivity index (χ2n) is 6.87. The van der Waals surface area contributed by atoms with Crippen molar-refractivity contribution in [2.75, 3.05) is 19.1 Å². The number of aryl methyl sites for hydroxylation is 2. The first-order valence-electron chi connectivity index (χ1n) is 9.38. The van der Waals surface area contributed by atoms with Gasteiger partial charge in [0, 0.05) is 10.4 Å². The number of carbonyl (C=O) groups excluding carboxylic acids is 2. The Labute approximate surface area is 187 Å². The number of nitrogens with zero attached hydrogens (tertiary/aromatic N) is 2. The van der Waals surface area contributed by atoms with Gasteiger partial charge in [0.2, 0.25) is 5.78 Å². The number of amides is 1. The zero-order chi connectivity index (χ0) is 22.3. The predicted octanol–water partition coefficient (Wildman–Crippen LogP) is 4.62. The highest BCUT2D eigenvalue weighted by Gasteiger charge is 2.47. The fourth-order valence-corrected chi connectivity index (χ4v) is 5.17. The summed E-state index contributed by atoms with van der Waals surface area (Å²) in [7, 11) is 3.00. The summed E-state index contributed by atoms with van der Waals surface area (Å²) in [5.41, 5.74) is 1.29. The fourth-order valence-electron chi connectivity index (χ4n) is 3.56. The van der Waals surface area contributed by atoms with Crippen LogP contribution in [0.25, 0.3) is 0 Å². The molecule has 1 N–H and O–H groups in total. The third-order valence-corrected chi connectivity index (χ3v) is 7.09. The molecular formula is C22H20N2O5S2. The maximum Gasteiger partial charge on any atom is 0.296 e. The maximum atomic E-state index is 13.4. The quantitative estimate of drug-likeness (QED) is 0.545. The van der Waals surface area contributed by atoms with Gasteiger partial charge in [-0.3, -0.25) is 14.5 Å². The molecule has 31 heavy (non-hydrogen) atoms. The molecule has 7 nitrogen and oxygen atoms in total. The van der Waals surface area contributed by atoms with Crippen LogP contribution < -0.4 is 14.4 Å². The van der Waals surface area contributed by atoms with Crippen LogP contribution in [0.1, 0.15) is 31.8 Å². The number of hydrogen-bond acceptors (Lipinski definition) is 8. The van der Waals surface area contributed by atoms with Crippen molar-refractivity contribution in [2.24, 2.45) is 0 Å². The van der Waals surface area contributed by atoms with Crippen molar-refractivity contribution in [3.05, 3.63) is 68.1 Å². The molecule has 4 rings (SSSR count). The number of ketones is 1. The van der Waals surface area contributed by atoms with Gasteiger partial charge in [-0.15, -0.1) is 22.7 Å². The van der Waals surface area contributed by atoms with Gasteiger partial charge in [-0.2, -0.15) is 0 Å². The third-order valence-electron chi connectivity index (χ3n) is 5.15. The van der Waals surface area contributed by atoms with E-state index in [-0.39, 0.29) is 5.57 Å². The summed E-state index contributed by atoms with van der Waals surface area (Å²) in [5, 5.41) is 13.0. The van der Waals surface area contributed by atoms with Crippen LogP contribution in [0.2, 0.25) is 0 Å². The maximum absolute atomic E-state index is 13.4. The van der Waals surface area contributed by atoms with Crippen LogP contribution in [0.5, 0.6) is 11.5 Å². The average Bonchev–Trinajstić information content (AvgIpc) is 3.47. The predicted molar refractivity (Wildman–Crippen MR) is 120 cm³/mol. The Hall–Kier alpha value is -3.17. The highest BCUT2D eigenvalue weighted by atomic mass is 32.1. The molecule has 0 saturated carbocycles. The van der Waals surface area contributed by atoms with E-state index >= 15 is 0 Å². The first-order valence-corrected chi connectivity index (χ1v) is 11.1. The van der Waals surface area contributed by atoms with E-state index in [2.05, 4.69) is 4.98 Å². The van der Waals surface area contributed by atoms with Crippen molar-refractivity contribution in [3.63, 3.8) is 0 Å². The number of aliphatic hydroxyl groups excluding tert-OH is 1. The SMILES string of the molecule is COc1cccc([C@H]2C(C(=O)c3cccs3)=C(O)C(=O)N2c2nc(C)c(C)s2)c1OC. The lowest BCUT2D eigenvalue weighted by Gasteiger charge is -2.26. The minimum Gasteiger partial charge on any atom is -0.503 e. The first-order chi connectivity index (χ1) is 14.9. The summed E-state index contributed by atoms with van der Waals surface area (Å²) in [6.45, 7) is 3.76. The molecule has 2 aromatic heterocycles. The summed E-state index contributed by atoms with van der Waals surface area (Å²) >= 11 is 2.57. The van der Waals surface area contributed by atoms with Crippen molar-refractivity contribution in [3.8, 4) is 11.5 Å². The standard InChI is InChI=1S/C22H20N2O5S2/c1-11-12(2)31-22(23-11)24-17(13-7-5-8-14(28-3)20(13)29-4)16(19(26)21(24)27)18(25)15-9-6-10-30-15/h5-10,17,26H,1-4H3/t17-/m0/s1. The molecule has 1 aliphatic rings. The summed E-state index contributed by atoms with van der Waals surface area (Å²) in [6, 6.07) is 7.72. The van der Waals surface area contributed by atoms with Crippen molar-refractivity contribution >= 4 is 39.5 Å². The number of para-hydroxylation sites is 1. The van der Waals surface area contributed by atoms with Crippen molar-refractivity contribution in [1.29, 1.82) is 0 Å². The molecule has 1 atom stereocenters. The number of thiophene rings is 1. The van der Waals surface area contributed by atoms with Crippen LogP contribution in [-0.2, 0) is 4.79 Å². The molecule has 0 unspecified atom stereocenters. The largest absolute Gasteiger partial charge is 0.503 e. The highest BCUT2D eigenvalue weighted by molar-refractivity contribution is 7.16. The van der Waals surface area contributed by atoms with Gasteiger partial charge >= 0.3 is 0 Å². The van der Waals surface area contributed by atoms with Gasteiger partial charge in [0.1, 0.15) is 6.04 Å². The molecule has 3 aromatic rings. The van der Waals surface area contributed by atoms with Gasteiger partial charge in [-0.25, -0.2) is 4.98 Å². The van der Waals surface area contributed by atoms with Crippen molar-refractivity contribution in [1.82, 2.24) is 4.98 Å². The minimum absolute atomic E-state index is 0.00971. The van der Waals surface area contributed by atoms with E-state index in [0.717, 1.165) is 10.6 Å². The monoisotopic (exact) mass is 456 g/mol. The molecule has 0 fully saturated rings. The zero-order valence-electron chi connectivity index (χ0n) is 17.3. The Balaban J connectivity index is 1.96. The number of carbonyl (C=O) groups is 2. The summed E-state index contributed by atoms with van der Waals surface area (Å²) in [4.78, 5) is 33.8. The molecule has 9 heteroatoms. The van der Waals surface area contributed by atoms with Crippen LogP contribution in [0, 0.1) is 13.8 Å². The van der Waals surface area contributed by atoms with E-state index in [9.17, 15) is 14.7 Å². The molecule has 1 aromatic carbocycles. The Morgan fingerprint density at radius 2 is 1.94 bits per heavy atom. The second-order valence-corrected chi connectivity index (χ2v) is 9.00. The highest BCUT2D eigenvalue weighted by Crippen LogP contribution is 2.48.